The Bertz CT molecular complexity index is 550. The van der Waals surface area contributed by atoms with Gasteiger partial charge in [-0.15, -0.1) is 0 Å². The maximum Gasteiger partial charge on any atom is 0.411 e. The molecule has 0 atom stereocenters. The van der Waals surface area contributed by atoms with Crippen molar-refractivity contribution in [1.29, 1.82) is 0 Å². The van der Waals surface area contributed by atoms with Gasteiger partial charge in [0.2, 0.25) is 0 Å². The van der Waals surface area contributed by atoms with Crippen molar-refractivity contribution in [2.45, 2.75) is 6.92 Å². The van der Waals surface area contributed by atoms with Gasteiger partial charge in [-0.05, 0) is 35.0 Å². The number of fused-ring (bicyclic) bond motifs is 1. The largest absolute Gasteiger partial charge is 0.453 e. The number of rotatable bonds is 1. The molecule has 5 nitrogen and oxygen atoms in total. The lowest BCUT2D eigenvalue weighted by Gasteiger charge is -2.04. The standard InChI is InChI=1S/C10H10BrN3O2/c1-6-9(11)13-8-4-3-7(5-14(6)8)12-10(15)16-2/h3-5H,1-2H3,(H,12,15). The number of aromatic nitrogens is 2. The van der Waals surface area contributed by atoms with Crippen LogP contribution >= 0.6 is 15.9 Å². The molecule has 0 unspecified atom stereocenters. The Hall–Kier alpha value is -1.56. The number of carbonyl (C=O) groups is 1. The number of imidazole rings is 1. The van der Waals surface area contributed by atoms with Gasteiger partial charge in [-0.2, -0.15) is 0 Å². The Morgan fingerprint density at radius 1 is 1.56 bits per heavy atom. The van der Waals surface area contributed by atoms with Gasteiger partial charge in [0.15, 0.2) is 0 Å². The fourth-order valence-electron chi connectivity index (χ4n) is 1.38. The summed E-state index contributed by atoms with van der Waals surface area (Å²) in [6.07, 6.45) is 1.30. The Morgan fingerprint density at radius 2 is 2.31 bits per heavy atom. The highest BCUT2D eigenvalue weighted by atomic mass is 79.9. The first kappa shape index (κ1) is 10.9. The molecule has 1 N–H and O–H groups in total. The number of ether oxygens (including phenoxy) is 1. The molecule has 84 valence electrons. The Morgan fingerprint density at radius 3 is 3.00 bits per heavy atom. The SMILES string of the molecule is COC(=O)Nc1ccc2nc(Br)c(C)n2c1. The zero-order valence-electron chi connectivity index (χ0n) is 8.82. The summed E-state index contributed by atoms with van der Waals surface area (Å²) >= 11 is 3.35. The maximum absolute atomic E-state index is 11.0. The number of carbonyl (C=O) groups excluding carboxylic acids is 1. The van der Waals surface area contributed by atoms with Crippen molar-refractivity contribution >= 4 is 33.4 Å². The van der Waals surface area contributed by atoms with Gasteiger partial charge in [-0.3, -0.25) is 5.32 Å². The second-order valence-corrected chi connectivity index (χ2v) is 4.00. The van der Waals surface area contributed by atoms with Gasteiger partial charge in [-0.1, -0.05) is 0 Å². The van der Waals surface area contributed by atoms with Gasteiger partial charge in [0, 0.05) is 6.20 Å². The highest BCUT2D eigenvalue weighted by Crippen LogP contribution is 2.19. The molecule has 0 saturated heterocycles. The fourth-order valence-corrected chi connectivity index (χ4v) is 1.75. The second kappa shape index (κ2) is 4.13. The Kier molecular flexibility index (Phi) is 2.82. The van der Waals surface area contributed by atoms with Crippen molar-refractivity contribution in [3.63, 3.8) is 0 Å². The van der Waals surface area contributed by atoms with Crippen molar-refractivity contribution in [3.05, 3.63) is 28.6 Å². The number of nitrogens with one attached hydrogen (secondary N) is 1. The molecule has 0 saturated carbocycles. The molecule has 2 heterocycles. The van der Waals surface area contributed by atoms with E-state index >= 15 is 0 Å². The maximum atomic E-state index is 11.0. The van der Waals surface area contributed by atoms with Crippen molar-refractivity contribution in [2.24, 2.45) is 0 Å². The van der Waals surface area contributed by atoms with E-state index in [1.165, 1.54) is 7.11 Å². The summed E-state index contributed by atoms with van der Waals surface area (Å²) in [4.78, 5) is 15.3. The van der Waals surface area contributed by atoms with Crippen molar-refractivity contribution in [3.8, 4) is 0 Å². The third kappa shape index (κ3) is 1.88. The molecule has 1 amide bonds. The quantitative estimate of drug-likeness (QED) is 0.875. The van der Waals surface area contributed by atoms with Gasteiger partial charge < -0.3 is 9.14 Å². The molecule has 0 spiro atoms. The number of aryl methyl sites for hydroxylation is 1. The Balaban J connectivity index is 2.43. The zero-order valence-corrected chi connectivity index (χ0v) is 10.4. The zero-order chi connectivity index (χ0) is 11.7. The molecular formula is C10H10BrN3O2. The topological polar surface area (TPSA) is 55.6 Å². The number of methoxy groups -OCH3 is 1. The fraction of sp³-hybridized carbons (Fsp3) is 0.200. The minimum atomic E-state index is -0.490. The third-order valence-electron chi connectivity index (χ3n) is 2.23. The molecule has 2 aromatic heterocycles. The summed E-state index contributed by atoms with van der Waals surface area (Å²) in [7, 11) is 1.33. The minimum Gasteiger partial charge on any atom is -0.453 e. The summed E-state index contributed by atoms with van der Waals surface area (Å²) in [5, 5.41) is 2.60. The Labute approximate surface area is 101 Å². The predicted octanol–water partition coefficient (Wildman–Crippen LogP) is 2.58. The van der Waals surface area contributed by atoms with E-state index in [1.807, 2.05) is 17.4 Å². The molecule has 6 heteroatoms. The van der Waals surface area contributed by atoms with Crippen LogP contribution in [0.25, 0.3) is 5.65 Å². The molecule has 0 bridgehead atoms. The lowest BCUT2D eigenvalue weighted by Crippen LogP contribution is -2.11. The number of pyridine rings is 1. The predicted molar refractivity (Wildman–Crippen MR) is 63.7 cm³/mol. The monoisotopic (exact) mass is 283 g/mol. The number of nitrogens with zero attached hydrogens (tertiary/aromatic N) is 2. The van der Waals surface area contributed by atoms with E-state index in [4.69, 9.17) is 0 Å². The van der Waals surface area contributed by atoms with E-state index in [1.54, 1.807) is 12.3 Å². The van der Waals surface area contributed by atoms with E-state index in [0.717, 1.165) is 15.9 Å². The van der Waals surface area contributed by atoms with Crippen LogP contribution in [0.2, 0.25) is 0 Å². The van der Waals surface area contributed by atoms with Crippen LogP contribution in [-0.2, 0) is 4.74 Å². The molecule has 0 fully saturated rings. The lowest BCUT2D eigenvalue weighted by atomic mass is 10.4. The smallest absolute Gasteiger partial charge is 0.411 e. The van der Waals surface area contributed by atoms with Crippen molar-refractivity contribution in [2.75, 3.05) is 12.4 Å². The first-order chi connectivity index (χ1) is 7.61. The number of hydrogen-bond donors (Lipinski definition) is 1. The van der Waals surface area contributed by atoms with E-state index < -0.39 is 6.09 Å². The van der Waals surface area contributed by atoms with Gasteiger partial charge in [0.25, 0.3) is 0 Å². The number of anilines is 1. The van der Waals surface area contributed by atoms with Crippen LogP contribution in [0.4, 0.5) is 10.5 Å². The molecule has 2 rings (SSSR count). The molecule has 0 aliphatic heterocycles. The first-order valence-corrected chi connectivity index (χ1v) is 5.40. The molecule has 2 aromatic rings. The molecule has 16 heavy (non-hydrogen) atoms. The number of hydrogen-bond acceptors (Lipinski definition) is 3. The minimum absolute atomic E-state index is 0.490. The normalized spacial score (nSPS) is 10.4. The molecule has 0 aromatic carbocycles. The van der Waals surface area contributed by atoms with Crippen molar-refractivity contribution < 1.29 is 9.53 Å². The van der Waals surface area contributed by atoms with Gasteiger partial charge in [0.1, 0.15) is 10.3 Å². The average molecular weight is 284 g/mol. The molecule has 0 aliphatic carbocycles. The van der Waals surface area contributed by atoms with E-state index in [0.29, 0.717) is 5.69 Å². The highest BCUT2D eigenvalue weighted by molar-refractivity contribution is 9.10. The summed E-state index contributed by atoms with van der Waals surface area (Å²) in [5.74, 6) is 0. The lowest BCUT2D eigenvalue weighted by molar-refractivity contribution is 0.187. The van der Waals surface area contributed by atoms with Gasteiger partial charge >= 0.3 is 6.09 Å². The van der Waals surface area contributed by atoms with Crippen molar-refractivity contribution in [1.82, 2.24) is 9.38 Å². The summed E-state index contributed by atoms with van der Waals surface area (Å²) in [6, 6.07) is 3.59. The van der Waals surface area contributed by atoms with Crippen LogP contribution in [0.3, 0.4) is 0 Å². The van der Waals surface area contributed by atoms with Crippen LogP contribution in [-0.4, -0.2) is 22.6 Å². The van der Waals surface area contributed by atoms with E-state index in [9.17, 15) is 4.79 Å². The van der Waals surface area contributed by atoms with Crippen LogP contribution < -0.4 is 5.32 Å². The first-order valence-electron chi connectivity index (χ1n) is 4.61. The highest BCUT2D eigenvalue weighted by Gasteiger charge is 2.07. The summed E-state index contributed by atoms with van der Waals surface area (Å²) in [5.41, 5.74) is 2.45. The summed E-state index contributed by atoms with van der Waals surface area (Å²) < 4.78 is 7.20. The van der Waals surface area contributed by atoms with E-state index in [-0.39, 0.29) is 0 Å². The van der Waals surface area contributed by atoms with Gasteiger partial charge in [0.05, 0.1) is 18.5 Å². The second-order valence-electron chi connectivity index (χ2n) is 3.25. The van der Waals surface area contributed by atoms with E-state index in [2.05, 4.69) is 31.0 Å². The van der Waals surface area contributed by atoms with Crippen LogP contribution in [0, 0.1) is 6.92 Å². The molecular weight excluding hydrogens is 274 g/mol. The molecule has 0 radical (unpaired) electrons. The number of amides is 1. The van der Waals surface area contributed by atoms with Crippen LogP contribution in [0.1, 0.15) is 5.69 Å². The molecule has 0 aliphatic rings. The summed E-state index contributed by atoms with van der Waals surface area (Å²) in [6.45, 7) is 1.94. The number of halogens is 1. The van der Waals surface area contributed by atoms with Crippen LogP contribution in [0.5, 0.6) is 0 Å². The average Bonchev–Trinajstić information content (AvgIpc) is 2.55. The van der Waals surface area contributed by atoms with Crippen LogP contribution in [0.15, 0.2) is 22.9 Å². The third-order valence-corrected chi connectivity index (χ3v) is 2.98. The van der Waals surface area contributed by atoms with Gasteiger partial charge in [-0.25, -0.2) is 9.78 Å².